The summed E-state index contributed by atoms with van der Waals surface area (Å²) >= 11 is 0. The molecule has 0 saturated carbocycles. The molecule has 0 aromatic heterocycles. The van der Waals surface area contributed by atoms with E-state index in [1.54, 1.807) is 6.07 Å². The summed E-state index contributed by atoms with van der Waals surface area (Å²) in [5.41, 5.74) is 3.21. The molecule has 5 heteroatoms. The van der Waals surface area contributed by atoms with Crippen LogP contribution in [0.25, 0.3) is 0 Å². The Hall–Kier alpha value is -0.565. The molecular weight excluding hydrogens is 258 g/mol. The second-order valence-electron chi connectivity index (χ2n) is 5.42. The minimum atomic E-state index is -1.75. The summed E-state index contributed by atoms with van der Waals surface area (Å²) < 4.78 is 4.79. The van der Waals surface area contributed by atoms with Crippen molar-refractivity contribution in [1.82, 2.24) is 0 Å². The molecule has 0 spiro atoms. The molecule has 1 aromatic rings. The van der Waals surface area contributed by atoms with E-state index in [0.717, 1.165) is 16.7 Å². The molecule has 19 heavy (non-hydrogen) atoms. The van der Waals surface area contributed by atoms with Crippen LogP contribution in [0.2, 0.25) is 0 Å². The van der Waals surface area contributed by atoms with Crippen LogP contribution in [0.5, 0.6) is 5.75 Å². The molecule has 0 amide bonds. The predicted molar refractivity (Wildman–Crippen MR) is 85.6 cm³/mol. The van der Waals surface area contributed by atoms with E-state index in [4.69, 9.17) is 14.7 Å². The molecule has 0 fully saturated rings. The average Bonchev–Trinajstić information content (AvgIpc) is 2.29. The number of aryl methyl sites for hydroxylation is 1. The van der Waals surface area contributed by atoms with Crippen LogP contribution < -0.4 is 4.65 Å². The number of hydrogen-bond acceptors (Lipinski definition) is 3. The Morgan fingerprint density at radius 1 is 1.16 bits per heavy atom. The summed E-state index contributed by atoms with van der Waals surface area (Å²) in [6, 6.07) is 3.62. The third kappa shape index (κ3) is 7.56. The Morgan fingerprint density at radius 3 is 2.00 bits per heavy atom. The second-order valence-corrected chi connectivity index (χ2v) is 6.98. The van der Waals surface area contributed by atoms with Crippen LogP contribution >= 0.6 is 9.24 Å². The minimum Gasteiger partial charge on any atom is -0.512 e. The first-order valence-electron chi connectivity index (χ1n) is 6.47. The molecular formula is C14H26BO3P. The van der Waals surface area contributed by atoms with Gasteiger partial charge in [-0.15, -0.1) is 9.24 Å². The van der Waals surface area contributed by atoms with Crippen molar-refractivity contribution in [2.24, 2.45) is 0 Å². The van der Waals surface area contributed by atoms with Gasteiger partial charge in [-0.1, -0.05) is 26.8 Å². The highest BCUT2D eigenvalue weighted by Crippen LogP contribution is 2.23. The topological polar surface area (TPSA) is 49.7 Å². The lowest BCUT2D eigenvalue weighted by Crippen LogP contribution is -2.21. The van der Waals surface area contributed by atoms with Gasteiger partial charge < -0.3 is 14.7 Å². The highest BCUT2D eigenvalue weighted by Gasteiger charge is 2.13. The molecule has 0 aliphatic carbocycles. The zero-order valence-corrected chi connectivity index (χ0v) is 14.0. The lowest BCUT2D eigenvalue weighted by molar-refractivity contribution is 0.287. The molecule has 1 aromatic carbocycles. The van der Waals surface area contributed by atoms with Crippen LogP contribution in [0.1, 0.15) is 43.9 Å². The summed E-state index contributed by atoms with van der Waals surface area (Å²) in [5.74, 6) is 0.512. The summed E-state index contributed by atoms with van der Waals surface area (Å²) in [6.45, 7) is 12.5. The van der Waals surface area contributed by atoms with Crippen molar-refractivity contribution in [3.8, 4) is 5.75 Å². The smallest absolute Gasteiger partial charge is 0.512 e. The fraction of sp³-hybridized carbons (Fsp3) is 0.571. The van der Waals surface area contributed by atoms with Crippen molar-refractivity contribution in [3.05, 3.63) is 28.8 Å². The first-order valence-corrected chi connectivity index (χ1v) is 7.04. The SMILES string of the molecule is CCC(C)(C)P.Cc1ccc(OB(O)O)c(C)c1C. The molecule has 3 nitrogen and oxygen atoms in total. The highest BCUT2D eigenvalue weighted by molar-refractivity contribution is 7.18. The van der Waals surface area contributed by atoms with Crippen LogP contribution in [-0.2, 0) is 0 Å². The molecule has 0 aliphatic heterocycles. The van der Waals surface area contributed by atoms with Crippen LogP contribution in [-0.4, -0.2) is 22.5 Å². The van der Waals surface area contributed by atoms with Gasteiger partial charge in [-0.05, 0) is 55.1 Å². The van der Waals surface area contributed by atoms with E-state index in [1.165, 1.54) is 6.42 Å². The largest absolute Gasteiger partial charge is 0.707 e. The molecule has 0 aliphatic rings. The second kappa shape index (κ2) is 7.89. The highest BCUT2D eigenvalue weighted by atomic mass is 31.0. The summed E-state index contributed by atoms with van der Waals surface area (Å²) in [5, 5.41) is 17.7. The van der Waals surface area contributed by atoms with Crippen LogP contribution in [0.4, 0.5) is 0 Å². The molecule has 108 valence electrons. The summed E-state index contributed by atoms with van der Waals surface area (Å²) in [6.07, 6.45) is 1.23. The molecule has 1 rings (SSSR count). The van der Waals surface area contributed by atoms with Crippen molar-refractivity contribution < 1.29 is 14.7 Å². The Morgan fingerprint density at radius 2 is 1.63 bits per heavy atom. The van der Waals surface area contributed by atoms with Gasteiger partial charge in [0.15, 0.2) is 0 Å². The van der Waals surface area contributed by atoms with Crippen molar-refractivity contribution in [2.45, 2.75) is 53.1 Å². The normalized spacial score (nSPS) is 10.6. The maximum atomic E-state index is 8.62. The van der Waals surface area contributed by atoms with E-state index in [-0.39, 0.29) is 0 Å². The van der Waals surface area contributed by atoms with E-state index < -0.39 is 7.32 Å². The number of rotatable bonds is 3. The lowest BCUT2D eigenvalue weighted by Gasteiger charge is -2.12. The first kappa shape index (κ1) is 18.4. The maximum Gasteiger partial charge on any atom is 0.707 e. The predicted octanol–water partition coefficient (Wildman–Crippen LogP) is 3.01. The maximum absolute atomic E-state index is 8.62. The number of hydrogen-bond donors (Lipinski definition) is 2. The molecule has 0 saturated heterocycles. The first-order chi connectivity index (χ1) is 8.58. The van der Waals surface area contributed by atoms with Gasteiger partial charge >= 0.3 is 7.32 Å². The minimum absolute atomic E-state index is 0.458. The van der Waals surface area contributed by atoms with Gasteiger partial charge in [-0.3, -0.25) is 0 Å². The van der Waals surface area contributed by atoms with E-state index in [9.17, 15) is 0 Å². The van der Waals surface area contributed by atoms with Crippen molar-refractivity contribution in [1.29, 1.82) is 0 Å². The molecule has 0 bridgehead atoms. The fourth-order valence-corrected chi connectivity index (χ4v) is 1.17. The van der Waals surface area contributed by atoms with Crippen molar-refractivity contribution >= 4 is 16.6 Å². The molecule has 1 atom stereocenters. The van der Waals surface area contributed by atoms with E-state index >= 15 is 0 Å². The third-order valence-electron chi connectivity index (χ3n) is 3.15. The van der Waals surface area contributed by atoms with Gasteiger partial charge in [0.1, 0.15) is 5.75 Å². The Labute approximate surface area is 119 Å². The van der Waals surface area contributed by atoms with Gasteiger partial charge in [0.05, 0.1) is 0 Å². The van der Waals surface area contributed by atoms with E-state index in [1.807, 2.05) is 26.8 Å². The van der Waals surface area contributed by atoms with E-state index in [0.29, 0.717) is 10.9 Å². The van der Waals surface area contributed by atoms with Gasteiger partial charge in [-0.2, -0.15) is 0 Å². The summed E-state index contributed by atoms with van der Waals surface area (Å²) in [7, 11) is 1.04. The Balaban J connectivity index is 0.000000459. The fourth-order valence-electron chi connectivity index (χ4n) is 1.17. The van der Waals surface area contributed by atoms with Gasteiger partial charge in [0.2, 0.25) is 0 Å². The molecule has 0 radical (unpaired) electrons. The van der Waals surface area contributed by atoms with Crippen LogP contribution in [0.15, 0.2) is 12.1 Å². The Kier molecular flexibility index (Phi) is 7.65. The van der Waals surface area contributed by atoms with Crippen molar-refractivity contribution in [2.75, 3.05) is 0 Å². The van der Waals surface area contributed by atoms with E-state index in [2.05, 4.69) is 30.0 Å². The van der Waals surface area contributed by atoms with Crippen molar-refractivity contribution in [3.63, 3.8) is 0 Å². The quantitative estimate of drug-likeness (QED) is 0.662. The lowest BCUT2D eigenvalue weighted by atomic mass is 10.0. The standard InChI is InChI=1S/C9H13BO3.C5H13P/c1-6-4-5-9(13-10(11)12)8(3)7(6)2;1-4-5(2,3)6/h4-5,11-12H,1-3H3;4,6H2,1-3H3. The zero-order chi connectivity index (χ0) is 15.2. The molecule has 0 heterocycles. The monoisotopic (exact) mass is 284 g/mol. The molecule has 2 N–H and O–H groups in total. The van der Waals surface area contributed by atoms with Gasteiger partial charge in [-0.25, -0.2) is 0 Å². The summed E-state index contributed by atoms with van der Waals surface area (Å²) in [4.78, 5) is 0. The van der Waals surface area contributed by atoms with Gasteiger partial charge in [0.25, 0.3) is 0 Å². The van der Waals surface area contributed by atoms with Crippen LogP contribution in [0.3, 0.4) is 0 Å². The van der Waals surface area contributed by atoms with Gasteiger partial charge in [0, 0.05) is 0 Å². The Bertz CT molecular complexity index is 400. The third-order valence-corrected chi connectivity index (χ3v) is 3.56. The molecule has 1 unspecified atom stereocenters. The average molecular weight is 284 g/mol. The number of benzene rings is 1. The van der Waals surface area contributed by atoms with Crippen LogP contribution in [0, 0.1) is 20.8 Å². The zero-order valence-electron chi connectivity index (χ0n) is 12.8.